The zero-order valence-electron chi connectivity index (χ0n) is 8.52. The first kappa shape index (κ1) is 14.1. The highest BCUT2D eigenvalue weighted by atomic mass is 32.2. The van der Waals surface area contributed by atoms with Crippen LogP contribution in [0, 0.1) is 0 Å². The average molecular weight is 237 g/mol. The monoisotopic (exact) mass is 237 g/mol. The summed E-state index contributed by atoms with van der Waals surface area (Å²) in [7, 11) is -3.34. The quantitative estimate of drug-likeness (QED) is 0.606. The molecule has 0 aromatic heterocycles. The third-order valence-corrected chi connectivity index (χ3v) is 3.06. The number of Topliss-reactive ketones (excluding diaryl/α,β-unsaturated/α-hetero) is 1. The SMILES string of the molecule is CCS(=O)(=O)NCC(=O)CCCC(=O)O. The molecule has 15 heavy (non-hydrogen) atoms. The average Bonchev–Trinajstić information content (AvgIpc) is 2.14. The van der Waals surface area contributed by atoms with Crippen molar-refractivity contribution < 1.29 is 23.1 Å². The van der Waals surface area contributed by atoms with Gasteiger partial charge in [0.2, 0.25) is 10.0 Å². The number of rotatable bonds is 8. The molecule has 0 aliphatic carbocycles. The summed E-state index contributed by atoms with van der Waals surface area (Å²) in [6, 6.07) is 0. The van der Waals surface area contributed by atoms with Gasteiger partial charge in [0, 0.05) is 12.8 Å². The van der Waals surface area contributed by atoms with Gasteiger partial charge in [-0.3, -0.25) is 9.59 Å². The molecular formula is C8H15NO5S. The Balaban J connectivity index is 3.72. The third-order valence-electron chi connectivity index (χ3n) is 1.72. The molecule has 0 saturated carbocycles. The first-order valence-corrected chi connectivity index (χ1v) is 6.23. The molecule has 2 N–H and O–H groups in total. The van der Waals surface area contributed by atoms with Crippen molar-refractivity contribution >= 4 is 21.8 Å². The number of hydrogen-bond donors (Lipinski definition) is 2. The van der Waals surface area contributed by atoms with Gasteiger partial charge >= 0.3 is 5.97 Å². The van der Waals surface area contributed by atoms with Crippen LogP contribution < -0.4 is 4.72 Å². The van der Waals surface area contributed by atoms with Crippen LogP contribution in [0.2, 0.25) is 0 Å². The summed E-state index contributed by atoms with van der Waals surface area (Å²) in [6.07, 6.45) is 0.243. The van der Waals surface area contributed by atoms with E-state index in [1.54, 1.807) is 0 Å². The number of aliphatic carboxylic acids is 1. The molecular weight excluding hydrogens is 222 g/mol. The molecule has 0 fully saturated rings. The lowest BCUT2D eigenvalue weighted by atomic mass is 10.2. The van der Waals surface area contributed by atoms with Gasteiger partial charge in [0.15, 0.2) is 0 Å². The lowest BCUT2D eigenvalue weighted by Gasteiger charge is -2.02. The van der Waals surface area contributed by atoms with Gasteiger partial charge in [-0.2, -0.15) is 0 Å². The van der Waals surface area contributed by atoms with Crippen LogP contribution in [0.5, 0.6) is 0 Å². The van der Waals surface area contributed by atoms with Crippen molar-refractivity contribution in [1.82, 2.24) is 4.72 Å². The van der Waals surface area contributed by atoms with Crippen LogP contribution in [0.15, 0.2) is 0 Å². The molecule has 0 rings (SSSR count). The maximum atomic E-state index is 11.1. The van der Waals surface area contributed by atoms with Crippen LogP contribution in [0.3, 0.4) is 0 Å². The second-order valence-electron chi connectivity index (χ2n) is 3.01. The fourth-order valence-corrected chi connectivity index (χ4v) is 1.40. The first-order chi connectivity index (χ1) is 6.87. The van der Waals surface area contributed by atoms with Crippen molar-refractivity contribution in [3.63, 3.8) is 0 Å². The Kier molecular flexibility index (Phi) is 6.11. The molecule has 0 atom stereocenters. The molecule has 0 unspecified atom stereocenters. The van der Waals surface area contributed by atoms with Crippen molar-refractivity contribution in [2.75, 3.05) is 12.3 Å². The van der Waals surface area contributed by atoms with E-state index in [4.69, 9.17) is 5.11 Å². The van der Waals surface area contributed by atoms with Gasteiger partial charge in [0.05, 0.1) is 12.3 Å². The lowest BCUT2D eigenvalue weighted by molar-refractivity contribution is -0.137. The molecule has 0 saturated heterocycles. The molecule has 0 amide bonds. The third kappa shape index (κ3) is 8.07. The maximum absolute atomic E-state index is 11.1. The largest absolute Gasteiger partial charge is 0.481 e. The number of carbonyl (C=O) groups excluding carboxylic acids is 1. The topological polar surface area (TPSA) is 101 Å². The Morgan fingerprint density at radius 2 is 1.87 bits per heavy atom. The number of sulfonamides is 1. The van der Waals surface area contributed by atoms with E-state index in [2.05, 4.69) is 4.72 Å². The Labute approximate surface area is 88.7 Å². The number of nitrogens with one attached hydrogen (secondary N) is 1. The number of carbonyl (C=O) groups is 2. The molecule has 0 aliphatic rings. The van der Waals surface area contributed by atoms with Crippen LogP contribution in [0.4, 0.5) is 0 Å². The number of ketones is 1. The summed E-state index contributed by atoms with van der Waals surface area (Å²) in [6.45, 7) is 1.22. The minimum absolute atomic E-state index is 0.0740. The zero-order valence-corrected chi connectivity index (χ0v) is 9.34. The standard InChI is InChI=1S/C8H15NO5S/c1-2-15(13,14)9-6-7(10)4-3-5-8(11)12/h9H,2-6H2,1H3,(H,11,12). The molecule has 0 aromatic rings. The van der Waals surface area contributed by atoms with Gasteiger partial charge in [-0.15, -0.1) is 0 Å². The van der Waals surface area contributed by atoms with Gasteiger partial charge in [0.1, 0.15) is 5.78 Å². The minimum Gasteiger partial charge on any atom is -0.481 e. The smallest absolute Gasteiger partial charge is 0.303 e. The van der Waals surface area contributed by atoms with Crippen molar-refractivity contribution in [1.29, 1.82) is 0 Å². The van der Waals surface area contributed by atoms with E-state index in [0.29, 0.717) is 0 Å². The summed E-state index contributed by atoms with van der Waals surface area (Å²) >= 11 is 0. The first-order valence-electron chi connectivity index (χ1n) is 4.58. The molecule has 0 aliphatic heterocycles. The van der Waals surface area contributed by atoms with E-state index < -0.39 is 16.0 Å². The Bertz CT molecular complexity index is 322. The zero-order chi connectivity index (χ0) is 11.9. The van der Waals surface area contributed by atoms with Crippen molar-refractivity contribution in [3.8, 4) is 0 Å². The maximum Gasteiger partial charge on any atom is 0.303 e. The van der Waals surface area contributed by atoms with Gasteiger partial charge in [-0.25, -0.2) is 13.1 Å². The van der Waals surface area contributed by atoms with E-state index in [-0.39, 0.29) is 37.3 Å². The van der Waals surface area contributed by atoms with Crippen molar-refractivity contribution in [2.45, 2.75) is 26.2 Å². The van der Waals surface area contributed by atoms with Gasteiger partial charge in [-0.05, 0) is 13.3 Å². The normalized spacial score (nSPS) is 11.3. The number of carboxylic acids is 1. The van der Waals surface area contributed by atoms with Gasteiger partial charge < -0.3 is 5.11 Å². The molecule has 6 nitrogen and oxygen atoms in total. The second kappa shape index (κ2) is 6.52. The minimum atomic E-state index is -3.34. The Hall–Kier alpha value is -0.950. The van der Waals surface area contributed by atoms with Crippen LogP contribution in [0.1, 0.15) is 26.2 Å². The summed E-state index contributed by atoms with van der Waals surface area (Å²) in [5.41, 5.74) is 0. The molecule has 0 radical (unpaired) electrons. The predicted octanol–water partition coefficient (Wildman–Crippen LogP) is -0.250. The summed E-state index contributed by atoms with van der Waals surface area (Å²) in [5, 5.41) is 8.30. The molecule has 0 spiro atoms. The fraction of sp³-hybridized carbons (Fsp3) is 0.750. The van der Waals surface area contributed by atoms with E-state index in [1.165, 1.54) is 6.92 Å². The second-order valence-corrected chi connectivity index (χ2v) is 5.11. The number of carboxylic acid groups (broad SMARTS) is 1. The van der Waals surface area contributed by atoms with Crippen LogP contribution >= 0.6 is 0 Å². The highest BCUT2D eigenvalue weighted by Gasteiger charge is 2.09. The predicted molar refractivity (Wildman–Crippen MR) is 54.0 cm³/mol. The Morgan fingerprint density at radius 3 is 2.33 bits per heavy atom. The highest BCUT2D eigenvalue weighted by Crippen LogP contribution is 1.96. The summed E-state index contributed by atoms with van der Waals surface area (Å²) in [5.74, 6) is -1.33. The molecule has 7 heteroatoms. The van der Waals surface area contributed by atoms with Crippen molar-refractivity contribution in [2.24, 2.45) is 0 Å². The van der Waals surface area contributed by atoms with E-state index in [1.807, 2.05) is 0 Å². The molecule has 0 aromatic carbocycles. The lowest BCUT2D eigenvalue weighted by Crippen LogP contribution is -2.30. The highest BCUT2D eigenvalue weighted by molar-refractivity contribution is 7.89. The van der Waals surface area contributed by atoms with E-state index in [0.717, 1.165) is 0 Å². The van der Waals surface area contributed by atoms with E-state index in [9.17, 15) is 18.0 Å². The molecule has 88 valence electrons. The summed E-state index contributed by atoms with van der Waals surface area (Å²) in [4.78, 5) is 21.2. The summed E-state index contributed by atoms with van der Waals surface area (Å²) < 4.78 is 24.0. The van der Waals surface area contributed by atoms with Crippen LogP contribution in [-0.4, -0.2) is 37.6 Å². The van der Waals surface area contributed by atoms with Gasteiger partial charge in [-0.1, -0.05) is 0 Å². The van der Waals surface area contributed by atoms with Crippen LogP contribution in [-0.2, 0) is 19.6 Å². The van der Waals surface area contributed by atoms with Gasteiger partial charge in [0.25, 0.3) is 0 Å². The van der Waals surface area contributed by atoms with Crippen LogP contribution in [0.25, 0.3) is 0 Å². The van der Waals surface area contributed by atoms with Crippen molar-refractivity contribution in [3.05, 3.63) is 0 Å². The fourth-order valence-electron chi connectivity index (χ4n) is 0.818. The number of hydrogen-bond acceptors (Lipinski definition) is 4. The molecule has 0 heterocycles. The molecule has 0 bridgehead atoms. The van der Waals surface area contributed by atoms with E-state index >= 15 is 0 Å². The Morgan fingerprint density at radius 1 is 1.27 bits per heavy atom.